The third-order valence-corrected chi connectivity index (χ3v) is 9.73. The Labute approximate surface area is 381 Å². The number of primary amides is 1. The van der Waals surface area contributed by atoms with Gasteiger partial charge in [-0.1, -0.05) is 67.6 Å². The van der Waals surface area contributed by atoms with Crippen molar-refractivity contribution in [2.75, 3.05) is 85.6 Å². The van der Waals surface area contributed by atoms with Crippen LogP contribution in [0.1, 0.15) is 55.8 Å². The van der Waals surface area contributed by atoms with Gasteiger partial charge in [0.2, 0.25) is 17.7 Å². The number of amides is 3. The molecule has 358 valence electrons. The molecule has 3 atom stereocenters. The molecule has 0 saturated carbocycles. The van der Waals surface area contributed by atoms with Crippen LogP contribution in [0.15, 0.2) is 73.2 Å². The second kappa shape index (κ2) is 34.1. The fraction of sp³-hybridized carbons (Fsp3) is 0.543. The number of carbonyl (C=O) groups excluding carboxylic acids is 6. The Morgan fingerprint density at radius 3 is 1.83 bits per heavy atom. The van der Waals surface area contributed by atoms with Gasteiger partial charge in [0.25, 0.3) is 0 Å². The molecule has 0 saturated heterocycles. The minimum absolute atomic E-state index is 0.0134. The van der Waals surface area contributed by atoms with Gasteiger partial charge >= 0.3 is 0 Å². The van der Waals surface area contributed by atoms with E-state index in [0.717, 1.165) is 23.2 Å². The average Bonchev–Trinajstić information content (AvgIpc) is 3.84. The average molecular weight is 909 g/mol. The molecule has 3 rings (SSSR count). The Hall–Kier alpha value is -5.25. The number of H-pyrrole nitrogens is 1. The van der Waals surface area contributed by atoms with E-state index in [2.05, 4.69) is 36.6 Å². The second-order valence-corrected chi connectivity index (χ2v) is 15.2. The molecule has 0 aliphatic rings. The van der Waals surface area contributed by atoms with Gasteiger partial charge < -0.3 is 50.4 Å². The first-order valence-corrected chi connectivity index (χ1v) is 22.2. The zero-order chi connectivity index (χ0) is 46.7. The zero-order valence-electron chi connectivity index (χ0n) is 37.5. The minimum atomic E-state index is -0.944. The number of hydrogen-bond acceptors (Lipinski definition) is 15. The van der Waals surface area contributed by atoms with E-state index in [9.17, 15) is 28.8 Å². The van der Waals surface area contributed by atoms with Crippen molar-refractivity contribution in [3.05, 3.63) is 90.0 Å². The molecule has 0 radical (unpaired) electrons. The van der Waals surface area contributed by atoms with Crippen LogP contribution in [0.3, 0.4) is 0 Å². The van der Waals surface area contributed by atoms with Gasteiger partial charge in [0.05, 0.1) is 84.3 Å². The van der Waals surface area contributed by atoms with E-state index < -0.39 is 24.0 Å². The highest BCUT2D eigenvalue weighted by Crippen LogP contribution is 2.06. The Morgan fingerprint density at radius 1 is 0.646 bits per heavy atom. The molecule has 19 heteroatoms. The van der Waals surface area contributed by atoms with Crippen molar-refractivity contribution in [2.24, 2.45) is 5.73 Å². The van der Waals surface area contributed by atoms with Crippen molar-refractivity contribution < 1.29 is 52.5 Å². The maximum atomic E-state index is 13.8. The van der Waals surface area contributed by atoms with E-state index in [1.54, 1.807) is 12.5 Å². The summed E-state index contributed by atoms with van der Waals surface area (Å²) in [5, 5.41) is 14.6. The number of ketones is 3. The van der Waals surface area contributed by atoms with Crippen LogP contribution in [0.2, 0.25) is 0 Å². The molecule has 1 aromatic heterocycles. The van der Waals surface area contributed by atoms with E-state index in [4.69, 9.17) is 29.4 Å². The number of rotatable bonds is 40. The van der Waals surface area contributed by atoms with Crippen molar-refractivity contribution >= 4 is 35.1 Å². The molecule has 3 amide bonds. The SMILES string of the molecule is CCCOCC(=O)NCCOCCOCC(=O)NCCCC[C@H](NCC(=O)CCc1cnc[nH]1)C(=O)CN[C@@H](COCc1ccccc1)C(=O)CN[C@@H](COCc1ccccc1)C(N)=O. The van der Waals surface area contributed by atoms with Gasteiger partial charge in [-0.2, -0.15) is 0 Å². The number of aryl methyl sites for hydroxylation is 1. The molecule has 8 N–H and O–H groups in total. The lowest BCUT2D eigenvalue weighted by Gasteiger charge is -2.22. The molecule has 0 spiro atoms. The number of hydrogen-bond donors (Lipinski definition) is 7. The number of Topliss-reactive ketones (excluding diaryl/α,β-unsaturated/α-hetero) is 3. The summed E-state index contributed by atoms with van der Waals surface area (Å²) >= 11 is 0. The van der Waals surface area contributed by atoms with Crippen LogP contribution in [-0.4, -0.2) is 149 Å². The molecular formula is C46H68N8O11. The van der Waals surface area contributed by atoms with E-state index >= 15 is 0 Å². The lowest BCUT2D eigenvalue weighted by molar-refractivity contribution is -0.127. The van der Waals surface area contributed by atoms with Gasteiger partial charge in [0.1, 0.15) is 25.0 Å². The van der Waals surface area contributed by atoms with Crippen molar-refractivity contribution in [1.29, 1.82) is 0 Å². The molecule has 0 aliphatic carbocycles. The summed E-state index contributed by atoms with van der Waals surface area (Å²) in [6.45, 7) is 3.63. The quantitative estimate of drug-likeness (QED) is 0.0388. The van der Waals surface area contributed by atoms with Gasteiger partial charge in [-0.15, -0.1) is 0 Å². The molecule has 65 heavy (non-hydrogen) atoms. The molecule has 2 aromatic carbocycles. The van der Waals surface area contributed by atoms with Crippen molar-refractivity contribution in [1.82, 2.24) is 36.6 Å². The summed E-state index contributed by atoms with van der Waals surface area (Å²) < 4.78 is 27.6. The van der Waals surface area contributed by atoms with Crippen molar-refractivity contribution in [3.8, 4) is 0 Å². The van der Waals surface area contributed by atoms with Crippen LogP contribution >= 0.6 is 0 Å². The molecule has 0 bridgehead atoms. The number of benzene rings is 2. The second-order valence-electron chi connectivity index (χ2n) is 15.2. The number of carbonyl (C=O) groups is 6. The molecular weight excluding hydrogens is 841 g/mol. The van der Waals surface area contributed by atoms with Crippen LogP contribution in [-0.2, 0) is 72.1 Å². The molecule has 0 unspecified atom stereocenters. The Balaban J connectivity index is 1.48. The fourth-order valence-corrected chi connectivity index (χ4v) is 6.10. The highest BCUT2D eigenvalue weighted by molar-refractivity contribution is 5.90. The lowest BCUT2D eigenvalue weighted by Crippen LogP contribution is -2.52. The number of ether oxygens (including phenoxy) is 5. The first-order valence-electron chi connectivity index (χ1n) is 22.2. The van der Waals surface area contributed by atoms with E-state index in [-0.39, 0.29) is 108 Å². The zero-order valence-corrected chi connectivity index (χ0v) is 37.5. The van der Waals surface area contributed by atoms with Crippen molar-refractivity contribution in [2.45, 2.75) is 76.8 Å². The highest BCUT2D eigenvalue weighted by atomic mass is 16.5. The number of nitrogens with one attached hydrogen (secondary N) is 6. The van der Waals surface area contributed by atoms with Crippen LogP contribution in [0.25, 0.3) is 0 Å². The van der Waals surface area contributed by atoms with Crippen LogP contribution in [0.4, 0.5) is 0 Å². The standard InChI is InChI=1S/C46H68N8O11/c1-2-20-62-32-45(59)50-19-21-61-22-23-63-33-44(58)49-18-10-9-15-39(51-25-38(55)17-16-37-24-48-34-54-37)42(56)26-52-40(30-64-28-35-11-5-3-6-12-35)43(57)27-53-41(46(47)60)31-65-29-36-13-7-4-8-14-36/h3-8,11-14,24,34,39-41,51-53H,2,9-10,15-23,25-33H2,1H3,(H2,47,60)(H,48,54)(H,49,58)(H,50,59)/t39-,40-,41-/m0/s1. The summed E-state index contributed by atoms with van der Waals surface area (Å²) in [6, 6.07) is 16.2. The summed E-state index contributed by atoms with van der Waals surface area (Å²) in [5.74, 6) is -1.91. The summed E-state index contributed by atoms with van der Waals surface area (Å²) in [6.07, 6.45) is 6.20. The monoisotopic (exact) mass is 909 g/mol. The highest BCUT2D eigenvalue weighted by Gasteiger charge is 2.25. The summed E-state index contributed by atoms with van der Waals surface area (Å²) in [5.41, 5.74) is 8.27. The van der Waals surface area contributed by atoms with E-state index in [1.165, 1.54) is 0 Å². The van der Waals surface area contributed by atoms with Gasteiger partial charge in [-0.25, -0.2) is 4.98 Å². The first-order chi connectivity index (χ1) is 31.6. The minimum Gasteiger partial charge on any atom is -0.377 e. The normalized spacial score (nSPS) is 12.6. The summed E-state index contributed by atoms with van der Waals surface area (Å²) in [7, 11) is 0. The topological polar surface area (TPSA) is 263 Å². The molecule has 19 nitrogen and oxygen atoms in total. The van der Waals surface area contributed by atoms with Crippen LogP contribution in [0.5, 0.6) is 0 Å². The third-order valence-electron chi connectivity index (χ3n) is 9.73. The maximum Gasteiger partial charge on any atom is 0.246 e. The predicted octanol–water partition coefficient (Wildman–Crippen LogP) is 0.706. The van der Waals surface area contributed by atoms with E-state index in [0.29, 0.717) is 52.0 Å². The third kappa shape index (κ3) is 25.7. The number of nitrogens with zero attached hydrogens (tertiary/aromatic N) is 1. The molecule has 0 fully saturated rings. The molecule has 3 aromatic rings. The maximum absolute atomic E-state index is 13.8. The Bertz CT molecular complexity index is 1790. The number of nitrogens with two attached hydrogens (primary N) is 1. The molecule has 1 heterocycles. The fourth-order valence-electron chi connectivity index (χ4n) is 6.10. The lowest BCUT2D eigenvalue weighted by atomic mass is 10.0. The summed E-state index contributed by atoms with van der Waals surface area (Å²) in [4.78, 5) is 83.4. The number of aromatic amines is 1. The smallest absolute Gasteiger partial charge is 0.246 e. The number of aromatic nitrogens is 2. The van der Waals surface area contributed by atoms with Gasteiger partial charge in [0, 0.05) is 38.0 Å². The van der Waals surface area contributed by atoms with Crippen molar-refractivity contribution in [3.63, 3.8) is 0 Å². The Morgan fingerprint density at radius 2 is 1.22 bits per heavy atom. The first kappa shape index (κ1) is 54.1. The Kier molecular flexibility index (Phi) is 28.4. The van der Waals surface area contributed by atoms with Gasteiger partial charge in [0.15, 0.2) is 11.6 Å². The van der Waals surface area contributed by atoms with Gasteiger partial charge in [-0.05, 0) is 43.2 Å². The largest absolute Gasteiger partial charge is 0.377 e. The predicted molar refractivity (Wildman–Crippen MR) is 241 cm³/mol. The van der Waals surface area contributed by atoms with Gasteiger partial charge in [-0.3, -0.25) is 39.4 Å². The molecule has 0 aliphatic heterocycles. The van der Waals surface area contributed by atoms with Crippen LogP contribution in [0, 0.1) is 0 Å². The number of imidazole rings is 1. The van der Waals surface area contributed by atoms with Crippen LogP contribution < -0.4 is 32.3 Å². The van der Waals surface area contributed by atoms with E-state index in [1.807, 2.05) is 67.6 Å². The number of unbranched alkanes of at least 4 members (excludes halogenated alkanes) is 1.